The Morgan fingerprint density at radius 2 is 1.70 bits per heavy atom. The number of thioether (sulfide) groups is 1. The van der Waals surface area contributed by atoms with Crippen LogP contribution in [0.1, 0.15) is 0 Å². The van der Waals surface area contributed by atoms with Gasteiger partial charge < -0.3 is 4.74 Å². The highest BCUT2D eigenvalue weighted by Crippen LogP contribution is 2.25. The maximum absolute atomic E-state index is 5.40. The summed E-state index contributed by atoms with van der Waals surface area (Å²) in [7, 11) is 0. The van der Waals surface area contributed by atoms with Crippen molar-refractivity contribution in [1.29, 1.82) is 0 Å². The standard InChI is InChI=1S/C6H10Br2OS/c7-1-5-3-9-4-6(2-8)10-5/h5-6H,1-4H2. The highest BCUT2D eigenvalue weighted by Gasteiger charge is 2.20. The van der Waals surface area contributed by atoms with Gasteiger partial charge in [0.25, 0.3) is 0 Å². The van der Waals surface area contributed by atoms with Crippen molar-refractivity contribution in [3.8, 4) is 0 Å². The zero-order valence-corrected chi connectivity index (χ0v) is 9.54. The summed E-state index contributed by atoms with van der Waals surface area (Å²) in [5.74, 6) is 0. The Labute approximate surface area is 82.5 Å². The van der Waals surface area contributed by atoms with Gasteiger partial charge in [-0.05, 0) is 0 Å². The predicted octanol–water partition coefficient (Wildman–Crippen LogP) is 2.28. The van der Waals surface area contributed by atoms with Crippen molar-refractivity contribution in [2.75, 3.05) is 23.9 Å². The van der Waals surface area contributed by atoms with Gasteiger partial charge in [0.05, 0.1) is 13.2 Å². The second-order valence-corrected chi connectivity index (χ2v) is 5.13. The predicted molar refractivity (Wildman–Crippen MR) is 53.6 cm³/mol. The number of hydrogen-bond donors (Lipinski definition) is 0. The Bertz CT molecular complexity index is 91.7. The van der Waals surface area contributed by atoms with Gasteiger partial charge in [-0.25, -0.2) is 0 Å². The van der Waals surface area contributed by atoms with Crippen LogP contribution in [-0.2, 0) is 4.74 Å². The van der Waals surface area contributed by atoms with E-state index in [-0.39, 0.29) is 0 Å². The molecular weight excluding hydrogens is 280 g/mol. The average Bonchev–Trinajstić information content (AvgIpc) is 2.05. The van der Waals surface area contributed by atoms with Crippen LogP contribution < -0.4 is 0 Å². The third-order valence-electron chi connectivity index (χ3n) is 1.34. The first-order valence-corrected chi connectivity index (χ1v) is 6.40. The summed E-state index contributed by atoms with van der Waals surface area (Å²) in [5, 5.41) is 3.38. The molecule has 1 rings (SSSR count). The lowest BCUT2D eigenvalue weighted by Gasteiger charge is -2.26. The molecule has 0 spiro atoms. The largest absolute Gasteiger partial charge is 0.379 e. The first-order valence-electron chi connectivity index (χ1n) is 3.22. The molecule has 0 amide bonds. The van der Waals surface area contributed by atoms with E-state index in [1.807, 2.05) is 11.8 Å². The molecule has 0 bridgehead atoms. The van der Waals surface area contributed by atoms with Crippen molar-refractivity contribution < 1.29 is 4.74 Å². The van der Waals surface area contributed by atoms with Crippen molar-refractivity contribution in [2.24, 2.45) is 0 Å². The van der Waals surface area contributed by atoms with Gasteiger partial charge in [-0.2, -0.15) is 0 Å². The third-order valence-corrected chi connectivity index (χ3v) is 5.13. The normalized spacial score (nSPS) is 34.2. The summed E-state index contributed by atoms with van der Waals surface area (Å²) in [6.45, 7) is 1.80. The highest BCUT2D eigenvalue weighted by atomic mass is 79.9. The maximum Gasteiger partial charge on any atom is 0.0593 e. The van der Waals surface area contributed by atoms with Gasteiger partial charge >= 0.3 is 0 Å². The number of rotatable bonds is 2. The molecule has 1 fully saturated rings. The number of halogens is 2. The van der Waals surface area contributed by atoms with Crippen LogP contribution in [-0.4, -0.2) is 34.4 Å². The van der Waals surface area contributed by atoms with Crippen molar-refractivity contribution in [2.45, 2.75) is 10.5 Å². The SMILES string of the molecule is BrCC1COCC(CBr)S1. The molecule has 1 heterocycles. The minimum absolute atomic E-state index is 0.649. The quantitative estimate of drug-likeness (QED) is 0.722. The van der Waals surface area contributed by atoms with Gasteiger partial charge in [-0.3, -0.25) is 0 Å². The monoisotopic (exact) mass is 288 g/mol. The molecule has 0 aromatic carbocycles. The molecule has 1 saturated heterocycles. The topological polar surface area (TPSA) is 9.23 Å². The Kier molecular flexibility index (Phi) is 4.69. The van der Waals surface area contributed by atoms with Crippen molar-refractivity contribution in [1.82, 2.24) is 0 Å². The van der Waals surface area contributed by atoms with Gasteiger partial charge in [0, 0.05) is 21.2 Å². The fraction of sp³-hybridized carbons (Fsp3) is 1.00. The van der Waals surface area contributed by atoms with Crippen LogP contribution in [0.5, 0.6) is 0 Å². The molecule has 0 radical (unpaired) electrons. The Morgan fingerprint density at radius 1 is 1.20 bits per heavy atom. The minimum atomic E-state index is 0.649. The van der Waals surface area contributed by atoms with Crippen molar-refractivity contribution >= 4 is 43.6 Å². The van der Waals surface area contributed by atoms with Gasteiger partial charge in [-0.15, -0.1) is 11.8 Å². The van der Waals surface area contributed by atoms with E-state index in [2.05, 4.69) is 31.9 Å². The molecule has 60 valence electrons. The molecule has 1 nitrogen and oxygen atoms in total. The molecule has 2 unspecified atom stereocenters. The van der Waals surface area contributed by atoms with E-state index in [4.69, 9.17) is 4.74 Å². The van der Waals surface area contributed by atoms with Crippen LogP contribution in [0.25, 0.3) is 0 Å². The Balaban J connectivity index is 2.25. The van der Waals surface area contributed by atoms with E-state index in [9.17, 15) is 0 Å². The van der Waals surface area contributed by atoms with E-state index < -0.39 is 0 Å². The molecule has 10 heavy (non-hydrogen) atoms. The second-order valence-electron chi connectivity index (χ2n) is 2.23. The molecule has 4 heteroatoms. The fourth-order valence-electron chi connectivity index (χ4n) is 0.843. The van der Waals surface area contributed by atoms with Crippen LogP contribution in [0.3, 0.4) is 0 Å². The lowest BCUT2D eigenvalue weighted by atomic mass is 10.4. The molecule has 1 aliphatic rings. The zero-order valence-electron chi connectivity index (χ0n) is 5.56. The van der Waals surface area contributed by atoms with E-state index in [0.717, 1.165) is 23.9 Å². The lowest BCUT2D eigenvalue weighted by molar-refractivity contribution is 0.134. The maximum atomic E-state index is 5.40. The summed E-state index contributed by atoms with van der Waals surface area (Å²) in [6, 6.07) is 0. The lowest BCUT2D eigenvalue weighted by Crippen LogP contribution is -2.29. The molecule has 0 N–H and O–H groups in total. The Morgan fingerprint density at radius 3 is 2.10 bits per heavy atom. The van der Waals surface area contributed by atoms with Gasteiger partial charge in [-0.1, -0.05) is 31.9 Å². The van der Waals surface area contributed by atoms with Crippen LogP contribution in [0.15, 0.2) is 0 Å². The van der Waals surface area contributed by atoms with Crippen LogP contribution in [0.4, 0.5) is 0 Å². The van der Waals surface area contributed by atoms with Crippen LogP contribution in [0, 0.1) is 0 Å². The molecule has 0 aromatic rings. The summed E-state index contributed by atoms with van der Waals surface area (Å²) in [6.07, 6.45) is 0. The molecule has 0 aromatic heterocycles. The molecule has 0 saturated carbocycles. The average molecular weight is 290 g/mol. The van der Waals surface area contributed by atoms with Gasteiger partial charge in [0.1, 0.15) is 0 Å². The second kappa shape index (κ2) is 5.01. The first kappa shape index (κ1) is 9.36. The van der Waals surface area contributed by atoms with E-state index in [0.29, 0.717) is 10.5 Å². The van der Waals surface area contributed by atoms with Gasteiger partial charge in [0.2, 0.25) is 0 Å². The zero-order chi connectivity index (χ0) is 7.40. The minimum Gasteiger partial charge on any atom is -0.379 e. The number of hydrogen-bond acceptors (Lipinski definition) is 2. The summed E-state index contributed by atoms with van der Waals surface area (Å²) < 4.78 is 5.40. The summed E-state index contributed by atoms with van der Waals surface area (Å²) in [5.41, 5.74) is 0. The third kappa shape index (κ3) is 2.72. The van der Waals surface area contributed by atoms with Crippen LogP contribution >= 0.6 is 43.6 Å². The molecule has 1 aliphatic heterocycles. The van der Waals surface area contributed by atoms with E-state index in [1.165, 1.54) is 0 Å². The van der Waals surface area contributed by atoms with Crippen LogP contribution in [0.2, 0.25) is 0 Å². The fourth-order valence-corrected chi connectivity index (χ4v) is 3.17. The number of alkyl halides is 2. The molecular formula is C6H10Br2OS. The van der Waals surface area contributed by atoms with Crippen molar-refractivity contribution in [3.05, 3.63) is 0 Å². The summed E-state index contributed by atoms with van der Waals surface area (Å²) >= 11 is 8.92. The van der Waals surface area contributed by atoms with E-state index in [1.54, 1.807) is 0 Å². The molecule has 2 atom stereocenters. The van der Waals surface area contributed by atoms with E-state index >= 15 is 0 Å². The first-order chi connectivity index (χ1) is 4.86. The highest BCUT2D eigenvalue weighted by molar-refractivity contribution is 9.09. The van der Waals surface area contributed by atoms with Gasteiger partial charge in [0.15, 0.2) is 0 Å². The Hall–Kier alpha value is 1.27. The summed E-state index contributed by atoms with van der Waals surface area (Å²) in [4.78, 5) is 0. The number of ether oxygens (including phenoxy) is 1. The smallest absolute Gasteiger partial charge is 0.0593 e. The molecule has 0 aliphatic carbocycles. The van der Waals surface area contributed by atoms with Crippen molar-refractivity contribution in [3.63, 3.8) is 0 Å².